The Bertz CT molecular complexity index is 1830. The standard InChI is InChI=1S/C32H33ClF7N9O3/c1-30(2,3)15-31(21-8-5-18(6-9-21)20-12-44-47(13-20)26(34)35)25(50)48(28(41)46-31)24(14-52-29(51)43-16-32(38,39)40)19-7-10-22(33)23(11-19)49(27(36)37)45-17-42-4/h5-13,17,24,26-27H,4,14-16H2,1-3H3,(H2,41,46)(H,43,51)/b45-17-/t24-,31-/m1/s1. The van der Waals surface area contributed by atoms with Crippen LogP contribution in [-0.4, -0.2) is 71.6 Å². The second-order valence-electron chi connectivity index (χ2n) is 12.6. The number of aromatic nitrogens is 2. The molecule has 1 aliphatic rings. The SMILES string of the molecule is C=N/C=N\N(c1cc([C@@H](COC(=O)NCC(F)(F)F)N2C(=O)[C@@](CC(C)(C)C)(c3ccc(-c4cnn(C(F)F)c4)cc3)N=C2N)ccc1Cl)C(F)F. The molecule has 3 aromatic rings. The molecule has 2 heterocycles. The third-order valence-corrected chi connectivity index (χ3v) is 7.89. The normalized spacial score (nSPS) is 17.2. The average Bonchev–Trinajstić information content (AvgIpc) is 3.64. The number of amides is 2. The molecule has 52 heavy (non-hydrogen) atoms. The van der Waals surface area contributed by atoms with Crippen LogP contribution in [0.2, 0.25) is 5.02 Å². The van der Waals surface area contributed by atoms with Crippen LogP contribution in [0.15, 0.2) is 69.9 Å². The fraction of sp³-hybridized carbons (Fsp3) is 0.375. The van der Waals surface area contributed by atoms with Crippen molar-refractivity contribution in [2.24, 2.45) is 26.2 Å². The van der Waals surface area contributed by atoms with Crippen molar-refractivity contribution in [3.05, 3.63) is 71.0 Å². The van der Waals surface area contributed by atoms with Gasteiger partial charge in [-0.15, -0.1) is 0 Å². The van der Waals surface area contributed by atoms with Crippen LogP contribution >= 0.6 is 11.6 Å². The van der Waals surface area contributed by atoms with E-state index in [1.54, 1.807) is 29.6 Å². The van der Waals surface area contributed by atoms with Crippen molar-refractivity contribution in [1.29, 1.82) is 0 Å². The number of halogens is 8. The van der Waals surface area contributed by atoms with E-state index in [0.717, 1.165) is 23.5 Å². The van der Waals surface area contributed by atoms with Crippen LogP contribution in [0.4, 0.5) is 41.2 Å². The number of anilines is 1. The molecule has 0 spiro atoms. The van der Waals surface area contributed by atoms with E-state index < -0.39 is 67.4 Å². The molecular weight excluding hydrogens is 727 g/mol. The molecule has 1 aromatic heterocycles. The van der Waals surface area contributed by atoms with E-state index in [0.29, 0.717) is 21.4 Å². The van der Waals surface area contributed by atoms with Gasteiger partial charge in [0.2, 0.25) is 0 Å². The van der Waals surface area contributed by atoms with Crippen LogP contribution in [0.25, 0.3) is 11.1 Å². The van der Waals surface area contributed by atoms with E-state index in [1.165, 1.54) is 18.3 Å². The Balaban J connectivity index is 1.81. The van der Waals surface area contributed by atoms with E-state index in [2.05, 4.69) is 26.9 Å². The summed E-state index contributed by atoms with van der Waals surface area (Å²) in [5, 5.41) is 8.71. The van der Waals surface area contributed by atoms with Crippen molar-refractivity contribution >= 4 is 48.3 Å². The molecule has 12 nitrogen and oxygen atoms in total. The number of guanidine groups is 1. The van der Waals surface area contributed by atoms with E-state index in [1.807, 2.05) is 20.8 Å². The van der Waals surface area contributed by atoms with Crippen LogP contribution < -0.4 is 16.1 Å². The molecule has 2 amide bonds. The van der Waals surface area contributed by atoms with Gasteiger partial charge in [-0.05, 0) is 47.4 Å². The van der Waals surface area contributed by atoms with E-state index in [9.17, 15) is 40.3 Å². The molecule has 280 valence electrons. The molecule has 0 saturated heterocycles. The van der Waals surface area contributed by atoms with Crippen LogP contribution in [-0.2, 0) is 15.1 Å². The lowest BCUT2D eigenvalue weighted by Gasteiger charge is -2.35. The largest absolute Gasteiger partial charge is 0.447 e. The quantitative estimate of drug-likeness (QED) is 0.0627. The summed E-state index contributed by atoms with van der Waals surface area (Å²) in [5.74, 6) is -1.14. The minimum Gasteiger partial charge on any atom is -0.447 e. The van der Waals surface area contributed by atoms with Gasteiger partial charge in [0.15, 0.2) is 11.5 Å². The minimum atomic E-state index is -4.77. The molecule has 0 fully saturated rings. The first-order valence-electron chi connectivity index (χ1n) is 15.2. The number of hydrogen-bond donors (Lipinski definition) is 2. The Morgan fingerprint density at radius 3 is 2.37 bits per heavy atom. The zero-order chi connectivity index (χ0) is 38.6. The first-order valence-corrected chi connectivity index (χ1v) is 15.6. The number of nitrogens with one attached hydrogen (secondary N) is 1. The average molecular weight is 760 g/mol. The lowest BCUT2D eigenvalue weighted by atomic mass is 9.75. The Labute approximate surface area is 297 Å². The van der Waals surface area contributed by atoms with Crippen molar-refractivity contribution in [2.45, 2.75) is 58.0 Å². The Morgan fingerprint density at radius 1 is 1.13 bits per heavy atom. The van der Waals surface area contributed by atoms with Crippen molar-refractivity contribution in [3.8, 4) is 11.1 Å². The van der Waals surface area contributed by atoms with E-state index in [-0.39, 0.29) is 27.7 Å². The number of aliphatic imine (C=N–C) groups is 2. The van der Waals surface area contributed by atoms with Crippen molar-refractivity contribution in [2.75, 3.05) is 18.2 Å². The number of carbonyl (C=O) groups is 2. The summed E-state index contributed by atoms with van der Waals surface area (Å²) >= 11 is 6.25. The highest BCUT2D eigenvalue weighted by molar-refractivity contribution is 6.33. The second-order valence-corrected chi connectivity index (χ2v) is 13.0. The van der Waals surface area contributed by atoms with Gasteiger partial charge in [0.25, 0.3) is 5.91 Å². The second kappa shape index (κ2) is 15.6. The topological polar surface area (TPSA) is 143 Å². The molecule has 2 atom stereocenters. The number of nitrogens with zero attached hydrogens (tertiary/aromatic N) is 7. The lowest BCUT2D eigenvalue weighted by Crippen LogP contribution is -2.47. The van der Waals surface area contributed by atoms with Crippen LogP contribution in [0.1, 0.15) is 50.9 Å². The monoisotopic (exact) mass is 759 g/mol. The Morgan fingerprint density at radius 2 is 1.81 bits per heavy atom. The maximum atomic E-state index is 14.7. The number of alkyl carbamates (subject to hydrolysis) is 1. The predicted molar refractivity (Wildman–Crippen MR) is 179 cm³/mol. The maximum Gasteiger partial charge on any atom is 0.407 e. The summed E-state index contributed by atoms with van der Waals surface area (Å²) in [5.41, 5.74) is 4.90. The number of alkyl halides is 7. The van der Waals surface area contributed by atoms with Crippen LogP contribution in [0, 0.1) is 5.41 Å². The molecule has 0 aliphatic carbocycles. The fourth-order valence-corrected chi connectivity index (χ4v) is 5.73. The molecule has 0 bridgehead atoms. The fourth-order valence-electron chi connectivity index (χ4n) is 5.53. The molecule has 0 saturated carbocycles. The van der Waals surface area contributed by atoms with E-state index >= 15 is 0 Å². The summed E-state index contributed by atoms with van der Waals surface area (Å²) in [6.45, 7) is -0.00389. The third-order valence-electron chi connectivity index (χ3n) is 7.57. The van der Waals surface area contributed by atoms with Gasteiger partial charge in [-0.25, -0.2) is 19.5 Å². The summed E-state index contributed by atoms with van der Waals surface area (Å²) in [6, 6.07) is 8.42. The molecule has 4 rings (SSSR count). The summed E-state index contributed by atoms with van der Waals surface area (Å²) in [7, 11) is 0. The van der Waals surface area contributed by atoms with Crippen molar-refractivity contribution in [1.82, 2.24) is 20.0 Å². The van der Waals surface area contributed by atoms with E-state index in [4.69, 9.17) is 22.1 Å². The molecule has 1 aliphatic heterocycles. The highest BCUT2D eigenvalue weighted by Crippen LogP contribution is 2.45. The maximum absolute atomic E-state index is 14.7. The number of rotatable bonds is 13. The van der Waals surface area contributed by atoms with Gasteiger partial charge in [-0.1, -0.05) is 62.7 Å². The number of nitrogens with two attached hydrogens (primary N) is 1. The molecule has 2 aromatic carbocycles. The first kappa shape index (κ1) is 39.6. The minimum absolute atomic E-state index is 0.000109. The van der Waals surface area contributed by atoms with Gasteiger partial charge in [0.05, 0.1) is 22.9 Å². The third kappa shape index (κ3) is 9.17. The number of benzene rings is 2. The summed E-state index contributed by atoms with van der Waals surface area (Å²) in [4.78, 5) is 36.0. The van der Waals surface area contributed by atoms with Gasteiger partial charge in [0, 0.05) is 11.8 Å². The molecule has 0 radical (unpaired) electrons. The molecular formula is C32H33ClF7N9O3. The predicted octanol–water partition coefficient (Wildman–Crippen LogP) is 7.09. The zero-order valence-corrected chi connectivity index (χ0v) is 28.5. The Kier molecular flexibility index (Phi) is 11.9. The zero-order valence-electron chi connectivity index (χ0n) is 27.8. The van der Waals surface area contributed by atoms with Gasteiger partial charge < -0.3 is 15.8 Å². The number of hydrazone groups is 1. The van der Waals surface area contributed by atoms with Gasteiger partial charge in [-0.3, -0.25) is 14.7 Å². The summed E-state index contributed by atoms with van der Waals surface area (Å²) < 4.78 is 98.4. The highest BCUT2D eigenvalue weighted by atomic mass is 35.5. The molecule has 20 heteroatoms. The summed E-state index contributed by atoms with van der Waals surface area (Å²) in [6.07, 6.45) is -3.10. The van der Waals surface area contributed by atoms with Gasteiger partial charge >= 0.3 is 25.4 Å². The molecule has 3 N–H and O–H groups in total. The lowest BCUT2D eigenvalue weighted by molar-refractivity contribution is -0.135. The van der Waals surface area contributed by atoms with Crippen molar-refractivity contribution in [3.63, 3.8) is 0 Å². The van der Waals surface area contributed by atoms with Crippen LogP contribution in [0.3, 0.4) is 0 Å². The number of carbonyl (C=O) groups excluding carboxylic acids is 2. The molecule has 0 unspecified atom stereocenters. The number of hydrogen-bond acceptors (Lipinski definition) is 8. The van der Waals surface area contributed by atoms with Gasteiger partial charge in [-0.2, -0.15) is 40.9 Å². The highest BCUT2D eigenvalue weighted by Gasteiger charge is 2.53. The smallest absolute Gasteiger partial charge is 0.407 e. The number of ether oxygens (including phenoxy) is 1. The van der Waals surface area contributed by atoms with Gasteiger partial charge in [0.1, 0.15) is 19.5 Å². The van der Waals surface area contributed by atoms with Crippen LogP contribution in [0.5, 0.6) is 0 Å². The Hall–Kier alpha value is -5.20. The first-order chi connectivity index (χ1) is 24.3. The van der Waals surface area contributed by atoms with Crippen molar-refractivity contribution < 1.29 is 45.1 Å².